The molecule has 0 saturated heterocycles. The van der Waals surface area contributed by atoms with Gasteiger partial charge in [0.25, 0.3) is 10.0 Å². The van der Waals surface area contributed by atoms with E-state index in [1.165, 1.54) is 18.2 Å². The van der Waals surface area contributed by atoms with Gasteiger partial charge in [0.1, 0.15) is 0 Å². The topological polar surface area (TPSA) is 104 Å². The first-order valence-corrected chi connectivity index (χ1v) is 10.4. The maximum Gasteiger partial charge on any atom is 0.323 e. The largest absolute Gasteiger partial charge is 0.323 e. The Bertz CT molecular complexity index is 1020. The Labute approximate surface area is 161 Å². The van der Waals surface area contributed by atoms with Gasteiger partial charge in [-0.3, -0.25) is 9.52 Å². The van der Waals surface area contributed by atoms with Crippen molar-refractivity contribution in [3.63, 3.8) is 0 Å². The van der Waals surface area contributed by atoms with Crippen LogP contribution in [-0.2, 0) is 14.8 Å². The molecule has 0 unspecified atom stereocenters. The number of benzene rings is 2. The second kappa shape index (κ2) is 7.85. The zero-order valence-electron chi connectivity index (χ0n) is 14.4. The van der Waals surface area contributed by atoms with Crippen molar-refractivity contribution < 1.29 is 18.0 Å². The van der Waals surface area contributed by atoms with Crippen LogP contribution in [-0.4, -0.2) is 25.3 Å². The van der Waals surface area contributed by atoms with Gasteiger partial charge in [0.15, 0.2) is 0 Å². The third kappa shape index (κ3) is 4.89. The minimum Gasteiger partial charge on any atom is -0.310 e. The van der Waals surface area contributed by atoms with Gasteiger partial charge in [0.2, 0.25) is 5.12 Å². The number of sulfonamides is 1. The molecule has 0 radical (unpaired) electrons. The number of carbonyl (C=O) groups is 2. The molecule has 0 aliphatic carbocycles. The molecule has 3 N–H and O–H groups in total. The van der Waals surface area contributed by atoms with Crippen LogP contribution in [0.1, 0.15) is 5.56 Å². The SMILES string of the molecule is Cc1ccc(NC(=O)NC2=CC(=O)SC2)c(NS(=O)(=O)c2ccccc2)c1. The fourth-order valence-electron chi connectivity index (χ4n) is 2.40. The number of anilines is 2. The van der Waals surface area contributed by atoms with Crippen LogP contribution in [0.5, 0.6) is 0 Å². The van der Waals surface area contributed by atoms with Crippen LogP contribution in [0.25, 0.3) is 0 Å². The number of nitrogens with one attached hydrogen (secondary N) is 3. The molecular weight excluding hydrogens is 386 g/mol. The van der Waals surface area contributed by atoms with Crippen molar-refractivity contribution in [2.45, 2.75) is 11.8 Å². The molecule has 2 amide bonds. The number of aryl methyl sites for hydroxylation is 1. The van der Waals surface area contributed by atoms with Gasteiger partial charge >= 0.3 is 6.03 Å². The maximum absolute atomic E-state index is 12.6. The number of thioether (sulfide) groups is 1. The highest BCUT2D eigenvalue weighted by Crippen LogP contribution is 2.26. The zero-order valence-corrected chi connectivity index (χ0v) is 16.0. The molecular formula is C18H17N3O4S2. The summed E-state index contributed by atoms with van der Waals surface area (Å²) < 4.78 is 27.7. The maximum atomic E-state index is 12.6. The molecule has 1 aliphatic rings. The number of carbonyl (C=O) groups excluding carboxylic acids is 2. The summed E-state index contributed by atoms with van der Waals surface area (Å²) in [5.74, 6) is 0.396. The molecule has 140 valence electrons. The molecule has 0 atom stereocenters. The fraction of sp³-hybridized carbons (Fsp3) is 0.111. The average Bonchev–Trinajstić information content (AvgIpc) is 3.02. The van der Waals surface area contributed by atoms with E-state index in [0.29, 0.717) is 17.1 Å². The van der Waals surface area contributed by atoms with E-state index in [0.717, 1.165) is 17.3 Å². The summed E-state index contributed by atoms with van der Waals surface area (Å²) in [6.45, 7) is 1.82. The summed E-state index contributed by atoms with van der Waals surface area (Å²) in [6, 6.07) is 12.4. The summed E-state index contributed by atoms with van der Waals surface area (Å²) in [6.07, 6.45) is 1.36. The van der Waals surface area contributed by atoms with Gasteiger partial charge in [0.05, 0.1) is 16.3 Å². The van der Waals surface area contributed by atoms with E-state index < -0.39 is 16.1 Å². The Kier molecular flexibility index (Phi) is 5.52. The van der Waals surface area contributed by atoms with E-state index >= 15 is 0 Å². The molecule has 1 heterocycles. The smallest absolute Gasteiger partial charge is 0.310 e. The molecule has 3 rings (SSSR count). The number of rotatable bonds is 5. The second-order valence-electron chi connectivity index (χ2n) is 5.82. The lowest BCUT2D eigenvalue weighted by molar-refractivity contribution is -0.106. The van der Waals surface area contributed by atoms with Gasteiger partial charge in [-0.15, -0.1) is 0 Å². The molecule has 1 aliphatic heterocycles. The lowest BCUT2D eigenvalue weighted by atomic mass is 10.2. The predicted molar refractivity (Wildman–Crippen MR) is 106 cm³/mol. The quantitative estimate of drug-likeness (QED) is 0.712. The monoisotopic (exact) mass is 403 g/mol. The normalized spacial score (nSPS) is 13.8. The standard InChI is InChI=1S/C18H17N3O4S2/c1-12-7-8-15(20-18(23)19-13-10-17(22)26-11-13)16(9-12)21-27(24,25)14-5-3-2-4-6-14/h2-10,21H,11H2,1H3,(H2,19,20,23). The Hall–Kier alpha value is -2.78. The molecule has 9 heteroatoms. The first-order valence-electron chi connectivity index (χ1n) is 7.97. The lowest BCUT2D eigenvalue weighted by Crippen LogP contribution is -2.29. The minimum absolute atomic E-state index is 0.114. The van der Waals surface area contributed by atoms with Crippen LogP contribution in [0, 0.1) is 6.92 Å². The van der Waals surface area contributed by atoms with Crippen LogP contribution < -0.4 is 15.4 Å². The number of urea groups is 1. The summed E-state index contributed by atoms with van der Waals surface area (Å²) in [5.41, 5.74) is 1.88. The van der Waals surface area contributed by atoms with Crippen molar-refractivity contribution in [3.05, 3.63) is 65.9 Å². The minimum atomic E-state index is -3.80. The molecule has 0 aromatic heterocycles. The van der Waals surface area contributed by atoms with Crippen molar-refractivity contribution in [2.75, 3.05) is 15.8 Å². The van der Waals surface area contributed by atoms with E-state index in [9.17, 15) is 18.0 Å². The molecule has 2 aromatic rings. The molecule has 0 bridgehead atoms. The van der Waals surface area contributed by atoms with Crippen LogP contribution in [0.2, 0.25) is 0 Å². The Balaban J connectivity index is 1.80. The molecule has 7 nitrogen and oxygen atoms in total. The number of amides is 2. The fourth-order valence-corrected chi connectivity index (χ4v) is 4.17. The highest BCUT2D eigenvalue weighted by atomic mass is 32.2. The third-order valence-corrected chi connectivity index (χ3v) is 5.90. The van der Waals surface area contributed by atoms with Gasteiger partial charge in [-0.05, 0) is 36.8 Å². The molecule has 27 heavy (non-hydrogen) atoms. The molecule has 0 saturated carbocycles. The highest BCUT2D eigenvalue weighted by molar-refractivity contribution is 8.14. The van der Waals surface area contributed by atoms with Gasteiger partial charge in [-0.2, -0.15) is 0 Å². The van der Waals surface area contributed by atoms with Crippen molar-refractivity contribution in [1.82, 2.24) is 5.32 Å². The zero-order chi connectivity index (χ0) is 19.4. The van der Waals surface area contributed by atoms with Crippen LogP contribution >= 0.6 is 11.8 Å². The molecule has 0 spiro atoms. The Morgan fingerprint density at radius 3 is 2.44 bits per heavy atom. The predicted octanol–water partition coefficient (Wildman–Crippen LogP) is 3.07. The third-order valence-electron chi connectivity index (χ3n) is 3.66. The summed E-state index contributed by atoms with van der Waals surface area (Å²) >= 11 is 1.10. The average molecular weight is 403 g/mol. The number of hydrogen-bond donors (Lipinski definition) is 3. The summed E-state index contributed by atoms with van der Waals surface area (Å²) in [4.78, 5) is 23.5. The Morgan fingerprint density at radius 2 is 1.78 bits per heavy atom. The van der Waals surface area contributed by atoms with Crippen LogP contribution in [0.3, 0.4) is 0 Å². The first-order chi connectivity index (χ1) is 12.8. The van der Waals surface area contributed by atoms with Gasteiger partial charge < -0.3 is 10.6 Å². The summed E-state index contributed by atoms with van der Waals surface area (Å²) in [7, 11) is -3.80. The van der Waals surface area contributed by atoms with E-state index in [-0.39, 0.29) is 15.7 Å². The Morgan fingerprint density at radius 1 is 1.04 bits per heavy atom. The summed E-state index contributed by atoms with van der Waals surface area (Å²) in [5, 5.41) is 5.09. The van der Waals surface area contributed by atoms with Crippen LogP contribution in [0.15, 0.2) is 65.2 Å². The van der Waals surface area contributed by atoms with E-state index in [4.69, 9.17) is 0 Å². The van der Waals surface area contributed by atoms with Crippen LogP contribution in [0.4, 0.5) is 16.2 Å². The van der Waals surface area contributed by atoms with Crippen molar-refractivity contribution in [3.8, 4) is 0 Å². The van der Waals surface area contributed by atoms with Gasteiger partial charge in [-0.1, -0.05) is 36.0 Å². The van der Waals surface area contributed by atoms with Gasteiger partial charge in [-0.25, -0.2) is 13.2 Å². The van der Waals surface area contributed by atoms with E-state index in [2.05, 4.69) is 15.4 Å². The van der Waals surface area contributed by atoms with Crippen molar-refractivity contribution in [1.29, 1.82) is 0 Å². The van der Waals surface area contributed by atoms with E-state index in [1.807, 2.05) is 6.92 Å². The van der Waals surface area contributed by atoms with E-state index in [1.54, 1.807) is 36.4 Å². The first kappa shape index (κ1) is 19.0. The van der Waals surface area contributed by atoms with Crippen molar-refractivity contribution in [2.24, 2.45) is 0 Å². The lowest BCUT2D eigenvalue weighted by Gasteiger charge is -2.15. The number of hydrogen-bond acceptors (Lipinski definition) is 5. The second-order valence-corrected chi connectivity index (χ2v) is 8.49. The van der Waals surface area contributed by atoms with Gasteiger partial charge in [0, 0.05) is 17.5 Å². The highest BCUT2D eigenvalue weighted by Gasteiger charge is 2.18. The molecule has 0 fully saturated rings. The molecule has 2 aromatic carbocycles. The van der Waals surface area contributed by atoms with Crippen molar-refractivity contribution >= 4 is 44.3 Å².